The van der Waals surface area contributed by atoms with E-state index in [1.54, 1.807) is 30.5 Å². The summed E-state index contributed by atoms with van der Waals surface area (Å²) in [7, 11) is 0. The molecule has 9 nitrogen and oxygen atoms in total. The Kier molecular flexibility index (Phi) is 7.13. The van der Waals surface area contributed by atoms with E-state index >= 15 is 0 Å². The van der Waals surface area contributed by atoms with Gasteiger partial charge in [0.25, 0.3) is 5.91 Å². The van der Waals surface area contributed by atoms with E-state index < -0.39 is 23.4 Å². The molecule has 0 bridgehead atoms. The van der Waals surface area contributed by atoms with Crippen LogP contribution in [0.5, 0.6) is 0 Å². The van der Waals surface area contributed by atoms with Crippen LogP contribution in [0.4, 0.5) is 18.0 Å². The molecule has 0 radical (unpaired) electrons. The van der Waals surface area contributed by atoms with Crippen LogP contribution >= 0.6 is 11.8 Å². The molecule has 0 saturated carbocycles. The predicted molar refractivity (Wildman–Crippen MR) is 145 cm³/mol. The number of amides is 2. The number of fused-ring (bicyclic) bond motifs is 1. The number of aromatic nitrogens is 2. The second kappa shape index (κ2) is 10.3. The zero-order valence-electron chi connectivity index (χ0n) is 21.6. The quantitative estimate of drug-likeness (QED) is 0.439. The first kappa shape index (κ1) is 27.7. The number of amidine groups is 1. The van der Waals surface area contributed by atoms with E-state index in [1.807, 2.05) is 4.90 Å². The van der Waals surface area contributed by atoms with Gasteiger partial charge in [-0.3, -0.25) is 9.48 Å². The van der Waals surface area contributed by atoms with Crippen LogP contribution in [-0.4, -0.2) is 73.1 Å². The van der Waals surface area contributed by atoms with Crippen LogP contribution in [0.2, 0.25) is 0 Å². The molecule has 0 unspecified atom stereocenters. The number of hydrogen-bond donors (Lipinski definition) is 2. The summed E-state index contributed by atoms with van der Waals surface area (Å²) in [5.41, 5.74) is -0.712. The molecule has 1 saturated heterocycles. The molecule has 1 aromatic heterocycles. The van der Waals surface area contributed by atoms with Crippen molar-refractivity contribution in [2.75, 3.05) is 26.2 Å². The van der Waals surface area contributed by atoms with E-state index in [9.17, 15) is 27.9 Å². The molecule has 3 heterocycles. The van der Waals surface area contributed by atoms with Crippen LogP contribution in [-0.2, 0) is 23.1 Å². The molecule has 210 valence electrons. The second-order valence-corrected chi connectivity index (χ2v) is 11.1. The molecule has 2 aromatic carbocycles. The van der Waals surface area contributed by atoms with Crippen molar-refractivity contribution in [2.45, 2.75) is 32.2 Å². The first-order chi connectivity index (χ1) is 18.8. The van der Waals surface area contributed by atoms with Gasteiger partial charge in [-0.2, -0.15) is 23.3 Å². The third-order valence-corrected chi connectivity index (χ3v) is 7.88. The number of carbonyl (C=O) groups is 2. The molecule has 5 rings (SSSR count). The number of carbonyl (C=O) groups excluding carboxylic acids is 1. The molecule has 40 heavy (non-hydrogen) atoms. The highest BCUT2D eigenvalue weighted by Gasteiger charge is 2.35. The summed E-state index contributed by atoms with van der Waals surface area (Å²) >= 11 is 1.23. The van der Waals surface area contributed by atoms with Crippen molar-refractivity contribution in [3.63, 3.8) is 0 Å². The standard InChI is InChI=1S/C27H26F3N5O4S/c1-26(2,39)19-5-4-17(20(13-19)27(28,29)30)15-35-21-6-3-16(11-18(21)14-31-35)12-22-23(36)32-24(40-22)33-7-9-34(10-8-33)25(37)38/h3-6,11-14,39H,7-10,15H2,1-2H3,(H,37,38)/b22-12-. The number of alkyl halides is 3. The molecule has 3 aromatic rings. The molecule has 13 heteroatoms. The summed E-state index contributed by atoms with van der Waals surface area (Å²) in [6, 6.07) is 9.12. The number of carboxylic acid groups (broad SMARTS) is 1. The van der Waals surface area contributed by atoms with Crippen LogP contribution in [0.3, 0.4) is 0 Å². The van der Waals surface area contributed by atoms with E-state index in [-0.39, 0.29) is 23.6 Å². The van der Waals surface area contributed by atoms with Crippen LogP contribution in [0, 0.1) is 0 Å². The third kappa shape index (κ3) is 5.70. The lowest BCUT2D eigenvalue weighted by molar-refractivity contribution is -0.138. The molecule has 0 atom stereocenters. The number of thioether (sulfide) groups is 1. The fourth-order valence-corrected chi connectivity index (χ4v) is 5.58. The van der Waals surface area contributed by atoms with E-state index in [2.05, 4.69) is 10.1 Å². The second-order valence-electron chi connectivity index (χ2n) is 10.1. The summed E-state index contributed by atoms with van der Waals surface area (Å²) in [6.07, 6.45) is -2.32. The fourth-order valence-electron chi connectivity index (χ4n) is 4.62. The average molecular weight is 574 g/mol. The zero-order chi connectivity index (χ0) is 28.8. The van der Waals surface area contributed by atoms with Crippen LogP contribution in [0.25, 0.3) is 17.0 Å². The Morgan fingerprint density at radius 2 is 1.82 bits per heavy atom. The summed E-state index contributed by atoms with van der Waals surface area (Å²) < 4.78 is 43.0. The van der Waals surface area contributed by atoms with Gasteiger partial charge in [-0.15, -0.1) is 0 Å². The topological polar surface area (TPSA) is 111 Å². The van der Waals surface area contributed by atoms with E-state index in [0.717, 1.165) is 6.07 Å². The van der Waals surface area contributed by atoms with Crippen molar-refractivity contribution in [2.24, 2.45) is 4.99 Å². The molecular weight excluding hydrogens is 547 g/mol. The number of piperazine rings is 1. The first-order valence-electron chi connectivity index (χ1n) is 12.4. The minimum atomic E-state index is -4.60. The average Bonchev–Trinajstić information content (AvgIpc) is 3.45. The molecular formula is C27H26F3N5O4S. The smallest absolute Gasteiger partial charge is 0.416 e. The maximum Gasteiger partial charge on any atom is 0.416 e. The Balaban J connectivity index is 1.34. The fraction of sp³-hybridized carbons (Fsp3) is 0.333. The van der Waals surface area contributed by atoms with Crippen LogP contribution in [0.1, 0.15) is 36.1 Å². The monoisotopic (exact) mass is 573 g/mol. The Morgan fingerprint density at radius 3 is 2.48 bits per heavy atom. The van der Waals surface area contributed by atoms with Crippen LogP contribution < -0.4 is 0 Å². The van der Waals surface area contributed by atoms with Crippen molar-refractivity contribution in [3.8, 4) is 0 Å². The number of hydrogen-bond acceptors (Lipinski definition) is 6. The van der Waals surface area contributed by atoms with Gasteiger partial charge in [0.15, 0.2) is 5.17 Å². The van der Waals surface area contributed by atoms with Gasteiger partial charge in [0.05, 0.1) is 34.3 Å². The summed E-state index contributed by atoms with van der Waals surface area (Å²) in [4.78, 5) is 31.4. The molecule has 1 fully saturated rings. The number of benzene rings is 2. The van der Waals surface area contributed by atoms with Crippen molar-refractivity contribution in [1.29, 1.82) is 0 Å². The largest absolute Gasteiger partial charge is 0.465 e. The number of aliphatic imine (C=N–C) groups is 1. The van der Waals surface area contributed by atoms with Crippen molar-refractivity contribution >= 4 is 45.9 Å². The summed E-state index contributed by atoms with van der Waals surface area (Å²) in [5.74, 6) is -0.384. The highest BCUT2D eigenvalue weighted by Crippen LogP contribution is 2.36. The van der Waals surface area contributed by atoms with Crippen LogP contribution in [0.15, 0.2) is 52.5 Å². The highest BCUT2D eigenvalue weighted by molar-refractivity contribution is 8.18. The van der Waals surface area contributed by atoms with E-state index in [0.29, 0.717) is 52.7 Å². The number of halogens is 3. The van der Waals surface area contributed by atoms with Crippen molar-refractivity contribution in [1.82, 2.24) is 19.6 Å². The Bertz CT molecular complexity index is 1550. The van der Waals surface area contributed by atoms with Gasteiger partial charge in [-0.25, -0.2) is 4.79 Å². The highest BCUT2D eigenvalue weighted by atomic mass is 32.2. The van der Waals surface area contributed by atoms with Crippen molar-refractivity contribution in [3.05, 3.63) is 69.8 Å². The van der Waals surface area contributed by atoms with E-state index in [1.165, 1.54) is 47.3 Å². The number of aliphatic hydroxyl groups is 1. The molecule has 0 spiro atoms. The van der Waals surface area contributed by atoms with Gasteiger partial charge in [-0.05, 0) is 66.6 Å². The maximum atomic E-state index is 13.8. The maximum absolute atomic E-state index is 13.8. The molecule has 0 aliphatic carbocycles. The third-order valence-electron chi connectivity index (χ3n) is 6.84. The minimum Gasteiger partial charge on any atom is -0.465 e. The Hall–Kier alpha value is -3.84. The van der Waals surface area contributed by atoms with Gasteiger partial charge < -0.3 is 20.0 Å². The number of rotatable bonds is 4. The van der Waals surface area contributed by atoms with Crippen molar-refractivity contribution < 1.29 is 33.0 Å². The summed E-state index contributed by atoms with van der Waals surface area (Å²) in [6.45, 7) is 4.30. The van der Waals surface area contributed by atoms with Gasteiger partial charge >= 0.3 is 12.3 Å². The normalized spacial score (nSPS) is 17.7. The predicted octanol–water partition coefficient (Wildman–Crippen LogP) is 4.60. The zero-order valence-corrected chi connectivity index (χ0v) is 22.5. The Labute approximate surface area is 231 Å². The van der Waals surface area contributed by atoms with Gasteiger partial charge in [0.2, 0.25) is 0 Å². The molecule has 2 aliphatic heterocycles. The Morgan fingerprint density at radius 1 is 1.10 bits per heavy atom. The minimum absolute atomic E-state index is 0.0264. The van der Waals surface area contributed by atoms with E-state index in [4.69, 9.17) is 5.11 Å². The lowest BCUT2D eigenvalue weighted by Gasteiger charge is -2.33. The number of nitrogens with zero attached hydrogens (tertiary/aromatic N) is 5. The molecule has 2 amide bonds. The molecule has 2 N–H and O–H groups in total. The first-order valence-corrected chi connectivity index (χ1v) is 13.3. The summed E-state index contributed by atoms with van der Waals surface area (Å²) in [5, 5.41) is 24.8. The molecule has 2 aliphatic rings. The van der Waals surface area contributed by atoms with Gasteiger partial charge in [0.1, 0.15) is 0 Å². The lowest BCUT2D eigenvalue weighted by Crippen LogP contribution is -2.49. The van der Waals surface area contributed by atoms with Gasteiger partial charge in [0, 0.05) is 31.6 Å². The lowest BCUT2D eigenvalue weighted by atomic mass is 9.93. The SMILES string of the molecule is CC(C)(O)c1ccc(Cn2ncc3cc(/C=C4\SC(N5CCN(C(=O)O)CC5)=NC4=O)ccc32)c(C(F)(F)F)c1. The van der Waals surface area contributed by atoms with Gasteiger partial charge in [-0.1, -0.05) is 18.2 Å².